The van der Waals surface area contributed by atoms with Crippen molar-refractivity contribution in [3.05, 3.63) is 11.2 Å². The van der Waals surface area contributed by atoms with Crippen LogP contribution >= 0.6 is 11.6 Å². The molecule has 86 valence electrons. The van der Waals surface area contributed by atoms with Crippen LogP contribution < -0.4 is 10.2 Å². The lowest BCUT2D eigenvalue weighted by Gasteiger charge is -2.41. The third kappa shape index (κ3) is 1.35. The van der Waals surface area contributed by atoms with Crippen molar-refractivity contribution < 1.29 is 5.11 Å². The van der Waals surface area contributed by atoms with E-state index in [2.05, 4.69) is 27.3 Å². The third-order valence-electron chi connectivity index (χ3n) is 3.39. The standard InChI is InChI=1S/C10H13ClN4O/c1-10-3-6(16)4-15(10)7-2-8(11)13-14-9(7)12-5-10/h2,6,16H,3-5H2,1H3,(H,12,14)/t6-,10+/m1/s1. The molecule has 0 unspecified atom stereocenters. The number of rotatable bonds is 0. The second kappa shape index (κ2) is 3.21. The monoisotopic (exact) mass is 240 g/mol. The van der Waals surface area contributed by atoms with E-state index in [4.69, 9.17) is 11.6 Å². The van der Waals surface area contributed by atoms with Gasteiger partial charge in [-0.3, -0.25) is 0 Å². The van der Waals surface area contributed by atoms with Crippen LogP contribution in [-0.2, 0) is 0 Å². The van der Waals surface area contributed by atoms with Gasteiger partial charge in [-0.2, -0.15) is 0 Å². The largest absolute Gasteiger partial charge is 0.391 e. The van der Waals surface area contributed by atoms with Gasteiger partial charge in [-0.1, -0.05) is 11.6 Å². The molecule has 2 aliphatic heterocycles. The average Bonchev–Trinajstić information content (AvgIpc) is 2.53. The van der Waals surface area contributed by atoms with E-state index in [1.165, 1.54) is 0 Å². The summed E-state index contributed by atoms with van der Waals surface area (Å²) in [7, 11) is 0. The Hall–Kier alpha value is -1.07. The molecule has 0 amide bonds. The number of aliphatic hydroxyl groups excluding tert-OH is 1. The molecule has 2 atom stereocenters. The number of β-amino-alcohol motifs (C(OH)–C–C–N with tert-alkyl or cyclic N) is 1. The van der Waals surface area contributed by atoms with Crippen molar-refractivity contribution in [2.75, 3.05) is 23.3 Å². The van der Waals surface area contributed by atoms with Gasteiger partial charge in [0.15, 0.2) is 11.0 Å². The summed E-state index contributed by atoms with van der Waals surface area (Å²) >= 11 is 5.86. The van der Waals surface area contributed by atoms with Gasteiger partial charge in [0.25, 0.3) is 0 Å². The molecule has 1 saturated heterocycles. The maximum atomic E-state index is 9.78. The van der Waals surface area contributed by atoms with Gasteiger partial charge in [-0.25, -0.2) is 0 Å². The van der Waals surface area contributed by atoms with E-state index in [0.717, 1.165) is 24.5 Å². The predicted molar refractivity (Wildman–Crippen MR) is 61.9 cm³/mol. The normalized spacial score (nSPS) is 31.9. The van der Waals surface area contributed by atoms with E-state index in [9.17, 15) is 5.11 Å². The maximum Gasteiger partial charge on any atom is 0.172 e. The van der Waals surface area contributed by atoms with Crippen LogP contribution in [0.3, 0.4) is 0 Å². The number of anilines is 2. The highest BCUT2D eigenvalue weighted by atomic mass is 35.5. The fourth-order valence-corrected chi connectivity index (χ4v) is 2.78. The number of nitrogens with zero attached hydrogens (tertiary/aromatic N) is 3. The fourth-order valence-electron chi connectivity index (χ4n) is 2.64. The lowest BCUT2D eigenvalue weighted by molar-refractivity contribution is 0.187. The van der Waals surface area contributed by atoms with E-state index in [-0.39, 0.29) is 11.6 Å². The Kier molecular flexibility index (Phi) is 2.03. The molecule has 0 bridgehead atoms. The highest BCUT2D eigenvalue weighted by Crippen LogP contribution is 2.41. The third-order valence-corrected chi connectivity index (χ3v) is 3.58. The van der Waals surface area contributed by atoms with E-state index < -0.39 is 0 Å². The lowest BCUT2D eigenvalue weighted by Crippen LogP contribution is -2.50. The molecule has 2 aliphatic rings. The molecule has 6 heteroatoms. The minimum Gasteiger partial charge on any atom is -0.391 e. The number of hydrogen-bond acceptors (Lipinski definition) is 5. The smallest absolute Gasteiger partial charge is 0.172 e. The molecule has 1 fully saturated rings. The van der Waals surface area contributed by atoms with Gasteiger partial charge in [0.2, 0.25) is 0 Å². The number of aliphatic hydroxyl groups is 1. The highest BCUT2D eigenvalue weighted by Gasteiger charge is 2.45. The van der Waals surface area contributed by atoms with Crippen molar-refractivity contribution >= 4 is 23.1 Å². The summed E-state index contributed by atoms with van der Waals surface area (Å²) in [5.74, 6) is 0.746. The van der Waals surface area contributed by atoms with Gasteiger partial charge >= 0.3 is 0 Å². The molecule has 0 saturated carbocycles. The number of nitrogens with one attached hydrogen (secondary N) is 1. The van der Waals surface area contributed by atoms with E-state index in [1.54, 1.807) is 6.07 Å². The van der Waals surface area contributed by atoms with Gasteiger partial charge in [0.1, 0.15) is 0 Å². The Balaban J connectivity index is 2.08. The van der Waals surface area contributed by atoms with E-state index in [0.29, 0.717) is 11.7 Å². The molecule has 16 heavy (non-hydrogen) atoms. The summed E-state index contributed by atoms with van der Waals surface area (Å²) in [5, 5.41) is 21.2. The van der Waals surface area contributed by atoms with Crippen molar-refractivity contribution in [3.8, 4) is 0 Å². The zero-order chi connectivity index (χ0) is 11.3. The summed E-state index contributed by atoms with van der Waals surface area (Å²) in [6, 6.07) is 1.80. The van der Waals surface area contributed by atoms with Crippen LogP contribution in [0.4, 0.5) is 11.5 Å². The zero-order valence-electron chi connectivity index (χ0n) is 8.94. The number of aromatic nitrogens is 2. The SMILES string of the molecule is C[C@]12CNc3nnc(Cl)cc3N1C[C@H](O)C2. The van der Waals surface area contributed by atoms with Gasteiger partial charge in [0.05, 0.1) is 17.3 Å². The molecule has 1 aromatic rings. The van der Waals surface area contributed by atoms with E-state index in [1.807, 2.05) is 0 Å². The van der Waals surface area contributed by atoms with Crippen molar-refractivity contribution in [2.45, 2.75) is 25.0 Å². The first-order valence-electron chi connectivity index (χ1n) is 5.31. The number of halogens is 1. The Morgan fingerprint density at radius 2 is 2.44 bits per heavy atom. The molecule has 0 radical (unpaired) electrons. The van der Waals surface area contributed by atoms with E-state index >= 15 is 0 Å². The first kappa shape index (κ1) is 10.1. The molecule has 0 aliphatic carbocycles. The van der Waals surface area contributed by atoms with Gasteiger partial charge in [-0.05, 0) is 13.3 Å². The first-order chi connectivity index (χ1) is 7.58. The summed E-state index contributed by atoms with van der Waals surface area (Å²) in [6.45, 7) is 3.54. The zero-order valence-corrected chi connectivity index (χ0v) is 9.70. The van der Waals surface area contributed by atoms with Gasteiger partial charge in [0, 0.05) is 19.2 Å². The first-order valence-corrected chi connectivity index (χ1v) is 5.69. The Morgan fingerprint density at radius 1 is 1.62 bits per heavy atom. The van der Waals surface area contributed by atoms with Crippen LogP contribution in [-0.4, -0.2) is 40.0 Å². The minimum atomic E-state index is -0.287. The average molecular weight is 241 g/mol. The molecule has 2 N–H and O–H groups in total. The van der Waals surface area contributed by atoms with Crippen LogP contribution in [0.2, 0.25) is 5.15 Å². The summed E-state index contributed by atoms with van der Waals surface area (Å²) in [4.78, 5) is 2.17. The van der Waals surface area contributed by atoms with Crippen molar-refractivity contribution in [1.29, 1.82) is 0 Å². The van der Waals surface area contributed by atoms with Crippen LogP contribution in [0.15, 0.2) is 6.07 Å². The predicted octanol–water partition coefficient (Wildman–Crippen LogP) is 0.885. The van der Waals surface area contributed by atoms with Crippen molar-refractivity contribution in [3.63, 3.8) is 0 Å². The molecule has 5 nitrogen and oxygen atoms in total. The number of hydrogen-bond donors (Lipinski definition) is 2. The Bertz CT molecular complexity index is 441. The maximum absolute atomic E-state index is 9.78. The van der Waals surface area contributed by atoms with Crippen LogP contribution in [0.5, 0.6) is 0 Å². The minimum absolute atomic E-state index is 0.0568. The molecule has 3 heterocycles. The summed E-state index contributed by atoms with van der Waals surface area (Å²) in [6.07, 6.45) is 0.476. The molecular formula is C10H13ClN4O. The van der Waals surface area contributed by atoms with Crippen molar-refractivity contribution in [1.82, 2.24) is 10.2 Å². The molecule has 0 spiro atoms. The highest BCUT2D eigenvalue weighted by molar-refractivity contribution is 6.29. The van der Waals surface area contributed by atoms with Gasteiger partial charge < -0.3 is 15.3 Å². The molecular weight excluding hydrogens is 228 g/mol. The van der Waals surface area contributed by atoms with Crippen LogP contribution in [0.25, 0.3) is 0 Å². The Labute approximate surface area is 98.4 Å². The van der Waals surface area contributed by atoms with Crippen LogP contribution in [0, 0.1) is 0 Å². The van der Waals surface area contributed by atoms with Crippen LogP contribution in [0.1, 0.15) is 13.3 Å². The van der Waals surface area contributed by atoms with Gasteiger partial charge in [-0.15, -0.1) is 10.2 Å². The molecule has 0 aromatic carbocycles. The summed E-state index contributed by atoms with van der Waals surface area (Å²) in [5.41, 5.74) is 0.879. The summed E-state index contributed by atoms with van der Waals surface area (Å²) < 4.78 is 0. The fraction of sp³-hybridized carbons (Fsp3) is 0.600. The molecule has 3 rings (SSSR count). The molecule has 1 aromatic heterocycles. The Morgan fingerprint density at radius 3 is 3.25 bits per heavy atom. The number of fused-ring (bicyclic) bond motifs is 3. The van der Waals surface area contributed by atoms with Crippen molar-refractivity contribution in [2.24, 2.45) is 0 Å². The second-order valence-corrected chi connectivity index (χ2v) is 5.11. The topological polar surface area (TPSA) is 61.3 Å². The quantitative estimate of drug-likeness (QED) is 0.705. The lowest BCUT2D eigenvalue weighted by atomic mass is 9.96. The second-order valence-electron chi connectivity index (χ2n) is 4.72.